The Morgan fingerprint density at radius 3 is 2.58 bits per heavy atom. The van der Waals surface area contributed by atoms with Crippen LogP contribution >= 0.6 is 0 Å². The van der Waals surface area contributed by atoms with Crippen molar-refractivity contribution in [3.8, 4) is 11.3 Å². The first-order chi connectivity index (χ1) is 18.4. The maximum Gasteiger partial charge on any atom is 0.222 e. The van der Waals surface area contributed by atoms with Gasteiger partial charge >= 0.3 is 0 Å². The van der Waals surface area contributed by atoms with E-state index in [-0.39, 0.29) is 11.8 Å². The molecule has 1 aliphatic carbocycles. The lowest BCUT2D eigenvalue weighted by Gasteiger charge is -2.34. The van der Waals surface area contributed by atoms with Gasteiger partial charge in [-0.15, -0.1) is 0 Å². The maximum atomic E-state index is 12.4. The van der Waals surface area contributed by atoms with Crippen LogP contribution in [-0.2, 0) is 10.4 Å². The van der Waals surface area contributed by atoms with E-state index in [1.807, 2.05) is 49.5 Å². The summed E-state index contributed by atoms with van der Waals surface area (Å²) in [5.41, 5.74) is 10.8. The molecule has 7 rings (SSSR count). The molecule has 3 aliphatic rings. The Bertz CT molecular complexity index is 1540. The number of hydrogen-bond acceptors (Lipinski definition) is 5. The molecule has 3 fully saturated rings. The Labute approximate surface area is 222 Å². The molecule has 0 radical (unpaired) electrons. The highest BCUT2D eigenvalue weighted by molar-refractivity contribution is 5.85. The Hall–Kier alpha value is -3.71. The lowest BCUT2D eigenvalue weighted by Crippen LogP contribution is -2.41. The quantitative estimate of drug-likeness (QED) is 0.397. The number of carbonyl (C=O) groups is 1. The first kappa shape index (κ1) is 23.4. The van der Waals surface area contributed by atoms with Crippen molar-refractivity contribution in [2.24, 2.45) is 0 Å². The number of amides is 1. The molecule has 2 aliphatic heterocycles. The van der Waals surface area contributed by atoms with Gasteiger partial charge in [-0.3, -0.25) is 9.20 Å². The second kappa shape index (κ2) is 8.67. The number of nitrogens with zero attached hydrogens (tertiary/aromatic N) is 4. The predicted molar refractivity (Wildman–Crippen MR) is 147 cm³/mol. The zero-order valence-corrected chi connectivity index (χ0v) is 21.7. The van der Waals surface area contributed by atoms with E-state index in [0.29, 0.717) is 30.7 Å². The number of rotatable bonds is 5. The average Bonchev–Trinajstić information content (AvgIpc) is 3.63. The number of nitrogen functional groups attached to an aromatic ring is 1. The fourth-order valence-corrected chi connectivity index (χ4v) is 6.48. The molecule has 0 bridgehead atoms. The summed E-state index contributed by atoms with van der Waals surface area (Å²) in [4.78, 5) is 24.0. The van der Waals surface area contributed by atoms with Crippen LogP contribution in [0, 0.1) is 0 Å². The van der Waals surface area contributed by atoms with Crippen LogP contribution in [0.1, 0.15) is 79.8 Å². The maximum absolute atomic E-state index is 12.4. The molecule has 7 heteroatoms. The Balaban J connectivity index is 1.24. The lowest BCUT2D eigenvalue weighted by molar-refractivity contribution is -0.130. The monoisotopic (exact) mass is 507 g/mol. The minimum absolute atomic E-state index is 0.148. The third-order valence-electron chi connectivity index (χ3n) is 8.91. The van der Waals surface area contributed by atoms with Gasteiger partial charge in [0.1, 0.15) is 28.5 Å². The van der Waals surface area contributed by atoms with E-state index >= 15 is 0 Å². The topological polar surface area (TPSA) is 96.8 Å². The van der Waals surface area contributed by atoms with Crippen molar-refractivity contribution in [2.75, 3.05) is 12.3 Å². The highest BCUT2D eigenvalue weighted by Gasteiger charge is 2.38. The number of anilines is 1. The van der Waals surface area contributed by atoms with Crippen LogP contribution in [0.25, 0.3) is 16.8 Å². The zero-order valence-electron chi connectivity index (χ0n) is 21.7. The van der Waals surface area contributed by atoms with Gasteiger partial charge in [0, 0.05) is 42.9 Å². The van der Waals surface area contributed by atoms with Crippen molar-refractivity contribution in [2.45, 2.75) is 68.9 Å². The number of benzene rings is 2. The van der Waals surface area contributed by atoms with Crippen LogP contribution in [0.2, 0.25) is 0 Å². The van der Waals surface area contributed by atoms with Crippen molar-refractivity contribution in [3.05, 3.63) is 83.4 Å². The number of nitrogens with two attached hydrogens (primary N) is 1. The van der Waals surface area contributed by atoms with Crippen LogP contribution in [0.3, 0.4) is 0 Å². The first-order valence-corrected chi connectivity index (χ1v) is 13.8. The molecule has 4 aromatic rings. The standard InChI is InChI=1S/C31H33N5O2/c1-31(38,24-4-2-3-21(17-24)19-5-6-19)23-10-7-20(8-11-23)27-28-29(32)33-15-16-35(28)30(34-27)22-9-12-25-13-14-26(37)36(25)18-22/h2-4,7-8,10-11,15-17,19,22,25,38H,5-6,9,12-14,18H2,1H3,(H2,32,33)/t22-,25+,31+/m1/s1. The second-order valence-corrected chi connectivity index (χ2v) is 11.4. The summed E-state index contributed by atoms with van der Waals surface area (Å²) in [5, 5.41) is 11.5. The first-order valence-electron chi connectivity index (χ1n) is 13.8. The summed E-state index contributed by atoms with van der Waals surface area (Å²) in [6.07, 6.45) is 9.72. The van der Waals surface area contributed by atoms with E-state index < -0.39 is 5.60 Å². The normalized spacial score (nSPS) is 23.0. The Morgan fingerprint density at radius 1 is 1.00 bits per heavy atom. The van der Waals surface area contributed by atoms with Gasteiger partial charge in [-0.2, -0.15) is 0 Å². The summed E-state index contributed by atoms with van der Waals surface area (Å²) in [6.45, 7) is 2.56. The summed E-state index contributed by atoms with van der Waals surface area (Å²) < 4.78 is 2.05. The summed E-state index contributed by atoms with van der Waals surface area (Å²) >= 11 is 0. The van der Waals surface area contributed by atoms with E-state index in [1.165, 1.54) is 18.4 Å². The second-order valence-electron chi connectivity index (χ2n) is 11.4. The number of imidazole rings is 1. The molecule has 2 aromatic carbocycles. The molecular formula is C31H33N5O2. The predicted octanol–water partition coefficient (Wildman–Crippen LogP) is 4.98. The summed E-state index contributed by atoms with van der Waals surface area (Å²) in [5.74, 6) is 2.40. The molecule has 2 aromatic heterocycles. The van der Waals surface area contributed by atoms with Gasteiger partial charge in [0.15, 0.2) is 0 Å². The van der Waals surface area contributed by atoms with E-state index in [1.54, 1.807) is 6.20 Å². The molecule has 194 valence electrons. The molecule has 4 heterocycles. The van der Waals surface area contributed by atoms with Gasteiger partial charge in [-0.05, 0) is 61.6 Å². The van der Waals surface area contributed by atoms with Gasteiger partial charge in [-0.1, -0.05) is 48.5 Å². The van der Waals surface area contributed by atoms with Crippen LogP contribution in [0.4, 0.5) is 5.82 Å². The highest BCUT2D eigenvalue weighted by Crippen LogP contribution is 2.42. The average molecular weight is 508 g/mol. The number of aromatic nitrogens is 3. The Kier molecular flexibility index (Phi) is 5.34. The zero-order chi connectivity index (χ0) is 26.0. The number of carbonyl (C=O) groups excluding carboxylic acids is 1. The summed E-state index contributed by atoms with van der Waals surface area (Å²) in [7, 11) is 0. The van der Waals surface area contributed by atoms with E-state index in [9.17, 15) is 9.90 Å². The van der Waals surface area contributed by atoms with Crippen molar-refractivity contribution in [1.29, 1.82) is 0 Å². The molecule has 3 N–H and O–H groups in total. The molecule has 0 unspecified atom stereocenters. The fourth-order valence-electron chi connectivity index (χ4n) is 6.48. The Morgan fingerprint density at radius 2 is 1.79 bits per heavy atom. The number of piperidine rings is 1. The van der Waals surface area contributed by atoms with Crippen LogP contribution in [0.5, 0.6) is 0 Å². The molecule has 2 saturated heterocycles. The fraction of sp³-hybridized carbons (Fsp3) is 0.387. The number of aliphatic hydroxyl groups is 1. The van der Waals surface area contributed by atoms with Gasteiger partial charge < -0.3 is 15.7 Å². The minimum Gasteiger partial charge on any atom is -0.382 e. The van der Waals surface area contributed by atoms with E-state index in [0.717, 1.165) is 53.0 Å². The number of hydrogen-bond donors (Lipinski definition) is 2. The van der Waals surface area contributed by atoms with Crippen LogP contribution < -0.4 is 5.73 Å². The van der Waals surface area contributed by atoms with Crippen molar-refractivity contribution < 1.29 is 9.90 Å². The third-order valence-corrected chi connectivity index (χ3v) is 8.91. The van der Waals surface area contributed by atoms with Gasteiger partial charge in [0.25, 0.3) is 0 Å². The largest absolute Gasteiger partial charge is 0.382 e. The number of fused-ring (bicyclic) bond motifs is 2. The molecular weight excluding hydrogens is 474 g/mol. The lowest BCUT2D eigenvalue weighted by atomic mass is 9.86. The van der Waals surface area contributed by atoms with E-state index in [4.69, 9.17) is 10.7 Å². The SMILES string of the molecule is C[C@](O)(c1ccc(-c2nc([C@@H]3CC[C@H]4CCC(=O)N4C3)n3ccnc(N)c23)cc1)c1cccc(C2CC2)c1. The smallest absolute Gasteiger partial charge is 0.222 e. The van der Waals surface area contributed by atoms with Crippen molar-refractivity contribution in [1.82, 2.24) is 19.3 Å². The summed E-state index contributed by atoms with van der Waals surface area (Å²) in [6, 6.07) is 16.7. The van der Waals surface area contributed by atoms with Crippen LogP contribution in [0.15, 0.2) is 60.9 Å². The molecule has 38 heavy (non-hydrogen) atoms. The van der Waals surface area contributed by atoms with Crippen molar-refractivity contribution in [3.63, 3.8) is 0 Å². The molecule has 0 spiro atoms. The van der Waals surface area contributed by atoms with Gasteiger partial charge in [0.2, 0.25) is 5.91 Å². The molecule has 7 nitrogen and oxygen atoms in total. The molecule has 3 atom stereocenters. The van der Waals surface area contributed by atoms with Gasteiger partial charge in [-0.25, -0.2) is 9.97 Å². The molecule has 1 saturated carbocycles. The van der Waals surface area contributed by atoms with E-state index in [2.05, 4.69) is 26.4 Å². The molecule has 1 amide bonds. The van der Waals surface area contributed by atoms with Crippen molar-refractivity contribution >= 4 is 17.2 Å². The van der Waals surface area contributed by atoms with Gasteiger partial charge in [0.05, 0.1) is 0 Å². The third kappa shape index (κ3) is 3.79. The highest BCUT2D eigenvalue weighted by atomic mass is 16.3. The minimum atomic E-state index is -1.10. The van der Waals surface area contributed by atoms with Crippen LogP contribution in [-0.4, -0.2) is 42.9 Å².